The number of anilines is 1. The zero-order valence-corrected chi connectivity index (χ0v) is 15.4. The Kier molecular flexibility index (Phi) is 5.42. The molecule has 0 aliphatic rings. The molecule has 2 aromatic rings. The molecular weight excluding hydrogens is 447 g/mol. The zero-order chi connectivity index (χ0) is 15.6. The highest BCUT2D eigenvalue weighted by Crippen LogP contribution is 2.26. The minimum absolute atomic E-state index is 0.166. The number of sulfonamides is 1. The van der Waals surface area contributed by atoms with Gasteiger partial charge in [0.25, 0.3) is 0 Å². The predicted octanol–water partition coefficient (Wildman–Crippen LogP) is 3.52. The quantitative estimate of drug-likeness (QED) is 0.674. The van der Waals surface area contributed by atoms with Crippen LogP contribution in [0.5, 0.6) is 0 Å². The second-order valence-electron chi connectivity index (χ2n) is 4.16. The van der Waals surface area contributed by atoms with Crippen LogP contribution in [0, 0.1) is 5.82 Å². The molecule has 0 fully saturated rings. The van der Waals surface area contributed by atoms with E-state index in [0.717, 1.165) is 20.8 Å². The molecule has 0 spiro atoms. The lowest BCUT2D eigenvalue weighted by Gasteiger charge is -2.09. The van der Waals surface area contributed by atoms with Crippen LogP contribution in [0.2, 0.25) is 0 Å². The summed E-state index contributed by atoms with van der Waals surface area (Å²) in [6.07, 6.45) is 0.531. The van der Waals surface area contributed by atoms with Gasteiger partial charge in [-0.3, -0.25) is 0 Å². The largest absolute Gasteiger partial charge is 0.398 e. The summed E-state index contributed by atoms with van der Waals surface area (Å²) < 4.78 is 41.6. The maximum absolute atomic E-state index is 13.8. The van der Waals surface area contributed by atoms with Gasteiger partial charge in [0.1, 0.15) is 10.7 Å². The fourth-order valence-electron chi connectivity index (χ4n) is 1.62. The third-order valence-corrected chi connectivity index (χ3v) is 6.48. The monoisotopic (exact) mass is 456 g/mol. The van der Waals surface area contributed by atoms with Crippen molar-refractivity contribution < 1.29 is 12.8 Å². The number of hydrogen-bond acceptors (Lipinski definition) is 4. The molecule has 0 bridgehead atoms. The minimum Gasteiger partial charge on any atom is -0.398 e. The van der Waals surface area contributed by atoms with Gasteiger partial charge in [0, 0.05) is 21.6 Å². The molecule has 1 aromatic heterocycles. The highest BCUT2D eigenvalue weighted by atomic mass is 79.9. The Morgan fingerprint density at radius 1 is 1.29 bits per heavy atom. The molecule has 0 atom stereocenters. The molecule has 9 heteroatoms. The minimum atomic E-state index is -3.93. The first kappa shape index (κ1) is 16.9. The molecule has 4 nitrogen and oxygen atoms in total. The fraction of sp³-hybridized carbons (Fsp3) is 0.167. The molecule has 114 valence electrons. The number of hydrogen-bond donors (Lipinski definition) is 2. The molecule has 1 heterocycles. The highest BCUT2D eigenvalue weighted by Gasteiger charge is 2.20. The summed E-state index contributed by atoms with van der Waals surface area (Å²) in [7, 11) is -3.93. The van der Waals surface area contributed by atoms with Crippen molar-refractivity contribution in [1.29, 1.82) is 0 Å². The van der Waals surface area contributed by atoms with Crippen LogP contribution < -0.4 is 10.5 Å². The van der Waals surface area contributed by atoms with Crippen molar-refractivity contribution in [3.8, 4) is 0 Å². The molecule has 0 aliphatic carbocycles. The molecular formula is C12H11Br2FN2O2S2. The molecule has 3 N–H and O–H groups in total. The van der Waals surface area contributed by atoms with E-state index in [4.69, 9.17) is 5.73 Å². The van der Waals surface area contributed by atoms with Gasteiger partial charge in [-0.15, -0.1) is 11.3 Å². The number of halogens is 3. The van der Waals surface area contributed by atoms with Crippen LogP contribution in [0.4, 0.5) is 10.1 Å². The molecule has 0 saturated heterocycles. The van der Waals surface area contributed by atoms with Crippen molar-refractivity contribution >= 4 is 58.9 Å². The van der Waals surface area contributed by atoms with E-state index in [1.54, 1.807) is 0 Å². The maximum atomic E-state index is 13.8. The summed E-state index contributed by atoms with van der Waals surface area (Å²) >= 11 is 7.91. The van der Waals surface area contributed by atoms with Gasteiger partial charge in [-0.2, -0.15) is 0 Å². The topological polar surface area (TPSA) is 72.2 Å². The average molecular weight is 458 g/mol. The van der Waals surface area contributed by atoms with E-state index in [9.17, 15) is 12.8 Å². The van der Waals surface area contributed by atoms with Gasteiger partial charge in [-0.05, 0) is 62.5 Å². The Morgan fingerprint density at radius 2 is 2.00 bits per heavy atom. The van der Waals surface area contributed by atoms with Crippen LogP contribution in [0.1, 0.15) is 4.88 Å². The van der Waals surface area contributed by atoms with E-state index in [1.165, 1.54) is 11.3 Å². The number of thiophene rings is 1. The first-order chi connectivity index (χ1) is 9.79. The number of rotatable bonds is 5. The second-order valence-corrected chi connectivity index (χ2v) is 9.30. The normalized spacial score (nSPS) is 11.8. The van der Waals surface area contributed by atoms with E-state index in [2.05, 4.69) is 36.6 Å². The van der Waals surface area contributed by atoms with Crippen LogP contribution in [-0.2, 0) is 16.4 Å². The molecule has 2 rings (SSSR count). The highest BCUT2D eigenvalue weighted by molar-refractivity contribution is 9.11. The van der Waals surface area contributed by atoms with Crippen molar-refractivity contribution in [2.24, 2.45) is 0 Å². The van der Waals surface area contributed by atoms with Crippen LogP contribution in [0.15, 0.2) is 37.4 Å². The van der Waals surface area contributed by atoms with Crippen LogP contribution in [-0.4, -0.2) is 15.0 Å². The van der Waals surface area contributed by atoms with Crippen LogP contribution in [0.25, 0.3) is 0 Å². The van der Waals surface area contributed by atoms with Crippen molar-refractivity contribution in [3.63, 3.8) is 0 Å². The van der Waals surface area contributed by atoms with Crippen molar-refractivity contribution in [1.82, 2.24) is 4.72 Å². The fourth-order valence-corrected chi connectivity index (χ4v) is 4.55. The smallest absolute Gasteiger partial charge is 0.243 e. The van der Waals surface area contributed by atoms with Gasteiger partial charge in [-0.1, -0.05) is 0 Å². The second kappa shape index (κ2) is 6.74. The van der Waals surface area contributed by atoms with E-state index in [-0.39, 0.29) is 12.2 Å². The van der Waals surface area contributed by atoms with E-state index in [0.29, 0.717) is 10.9 Å². The summed E-state index contributed by atoms with van der Waals surface area (Å²) in [6.45, 7) is 0.185. The summed E-state index contributed by atoms with van der Waals surface area (Å²) in [6, 6.07) is 5.94. The third-order valence-electron chi connectivity index (χ3n) is 2.63. The molecule has 0 radical (unpaired) electrons. The van der Waals surface area contributed by atoms with E-state index >= 15 is 0 Å². The SMILES string of the molecule is Nc1cc(S(=O)(=O)NCCc2ccc(Br)s2)c(F)cc1Br. The molecule has 0 amide bonds. The lowest BCUT2D eigenvalue weighted by molar-refractivity contribution is 0.557. The van der Waals surface area contributed by atoms with Gasteiger partial charge in [0.15, 0.2) is 0 Å². The Bertz CT molecular complexity index is 763. The predicted molar refractivity (Wildman–Crippen MR) is 89.4 cm³/mol. The molecule has 0 saturated carbocycles. The summed E-state index contributed by atoms with van der Waals surface area (Å²) in [4.78, 5) is 0.580. The van der Waals surface area contributed by atoms with Crippen molar-refractivity contribution in [3.05, 3.63) is 43.2 Å². The molecule has 21 heavy (non-hydrogen) atoms. The van der Waals surface area contributed by atoms with Gasteiger partial charge in [0.2, 0.25) is 10.0 Å². The lowest BCUT2D eigenvalue weighted by atomic mass is 10.3. The van der Waals surface area contributed by atoms with E-state index < -0.39 is 20.7 Å². The first-order valence-corrected chi connectivity index (χ1v) is 9.66. The molecule has 0 unspecified atom stereocenters. The summed E-state index contributed by atoms with van der Waals surface area (Å²) in [5, 5.41) is 0. The standard InChI is InChI=1S/C12H11Br2FN2O2S2/c13-8-5-9(15)11(6-10(8)16)21(18,19)17-4-3-7-1-2-12(14)20-7/h1-2,5-6,17H,3-4,16H2. The third kappa shape index (κ3) is 4.26. The van der Waals surface area contributed by atoms with Crippen molar-refractivity contribution in [2.75, 3.05) is 12.3 Å². The van der Waals surface area contributed by atoms with Gasteiger partial charge in [-0.25, -0.2) is 17.5 Å². The maximum Gasteiger partial charge on any atom is 0.243 e. The van der Waals surface area contributed by atoms with Gasteiger partial charge >= 0.3 is 0 Å². The lowest BCUT2D eigenvalue weighted by Crippen LogP contribution is -2.26. The van der Waals surface area contributed by atoms with Crippen LogP contribution in [0.3, 0.4) is 0 Å². The Morgan fingerprint density at radius 3 is 2.62 bits per heavy atom. The molecule has 1 aromatic carbocycles. The Balaban J connectivity index is 2.10. The number of benzene rings is 1. The Hall–Kier alpha value is -0.480. The van der Waals surface area contributed by atoms with Crippen LogP contribution >= 0.6 is 43.2 Å². The van der Waals surface area contributed by atoms with E-state index in [1.807, 2.05) is 12.1 Å². The average Bonchev–Trinajstić information content (AvgIpc) is 2.79. The molecule has 0 aliphatic heterocycles. The zero-order valence-electron chi connectivity index (χ0n) is 10.6. The number of nitrogens with two attached hydrogens (primary N) is 1. The number of nitrogen functional groups attached to an aromatic ring is 1. The van der Waals surface area contributed by atoms with Gasteiger partial charge in [0.05, 0.1) is 3.79 Å². The number of nitrogens with one attached hydrogen (secondary N) is 1. The summed E-state index contributed by atoms with van der Waals surface area (Å²) in [5.41, 5.74) is 5.77. The van der Waals surface area contributed by atoms with Gasteiger partial charge < -0.3 is 5.73 Å². The van der Waals surface area contributed by atoms with Crippen molar-refractivity contribution in [2.45, 2.75) is 11.3 Å². The first-order valence-electron chi connectivity index (χ1n) is 5.78. The summed E-state index contributed by atoms with van der Waals surface area (Å²) in [5.74, 6) is -0.845. The Labute approximate surface area is 142 Å².